The molecule has 0 spiro atoms. The largest absolute Gasteiger partial charge is 0.385 e. The number of likely N-dealkylation sites (tertiary alicyclic amines) is 1. The molecule has 1 heterocycles. The molecule has 0 radical (unpaired) electrons. The van der Waals surface area contributed by atoms with Crippen molar-refractivity contribution in [2.75, 3.05) is 13.1 Å². The van der Waals surface area contributed by atoms with E-state index in [4.69, 9.17) is 0 Å². The highest BCUT2D eigenvalue weighted by atomic mass is 19.1. The maximum Gasteiger partial charge on any atom is 0.123 e. The number of fused-ring (bicyclic) bond motifs is 1. The summed E-state index contributed by atoms with van der Waals surface area (Å²) in [5.41, 5.74) is 1.47. The number of halogens is 1. The van der Waals surface area contributed by atoms with Crippen molar-refractivity contribution < 1.29 is 9.50 Å². The number of hydrogen-bond donors (Lipinski definition) is 1. The Kier molecular flexibility index (Phi) is 4.61. The van der Waals surface area contributed by atoms with E-state index in [1.807, 2.05) is 0 Å². The molecule has 0 amide bonds. The molecule has 3 heteroatoms. The lowest BCUT2D eigenvalue weighted by molar-refractivity contribution is -0.0616. The summed E-state index contributed by atoms with van der Waals surface area (Å²) in [6.07, 6.45) is 3.77. The number of aliphatic hydroxyl groups is 1. The molecule has 1 saturated carbocycles. The van der Waals surface area contributed by atoms with Gasteiger partial charge in [-0.2, -0.15) is 0 Å². The number of hydrogen-bond acceptors (Lipinski definition) is 2. The van der Waals surface area contributed by atoms with E-state index in [2.05, 4.69) is 35.2 Å². The molecule has 0 aromatic heterocycles. The molecule has 1 saturated heterocycles. The topological polar surface area (TPSA) is 23.5 Å². The third-order valence-electron chi connectivity index (χ3n) is 6.13. The molecule has 2 aliphatic rings. The lowest BCUT2D eigenvalue weighted by atomic mass is 9.66. The molecule has 2 nitrogen and oxygen atoms in total. The predicted octanol–water partition coefficient (Wildman–Crippen LogP) is 4.34. The van der Waals surface area contributed by atoms with Crippen LogP contribution in [-0.2, 0) is 12.1 Å². The number of benzene rings is 2. The van der Waals surface area contributed by atoms with Crippen molar-refractivity contribution in [3.8, 4) is 0 Å². The van der Waals surface area contributed by atoms with E-state index in [0.717, 1.165) is 50.9 Å². The van der Waals surface area contributed by atoms with Crippen molar-refractivity contribution in [2.45, 2.75) is 37.8 Å². The Morgan fingerprint density at radius 2 is 1.76 bits per heavy atom. The molecule has 1 aliphatic carbocycles. The lowest BCUT2D eigenvalue weighted by Crippen LogP contribution is -2.46. The van der Waals surface area contributed by atoms with E-state index in [9.17, 15) is 9.50 Å². The van der Waals surface area contributed by atoms with Gasteiger partial charge in [0.05, 0.1) is 5.60 Å². The first-order valence-electron chi connectivity index (χ1n) is 9.37. The van der Waals surface area contributed by atoms with Gasteiger partial charge < -0.3 is 5.11 Å². The molecule has 3 atom stereocenters. The molecular weight excluding hydrogens is 313 g/mol. The van der Waals surface area contributed by atoms with Gasteiger partial charge in [-0.15, -0.1) is 0 Å². The van der Waals surface area contributed by atoms with Gasteiger partial charge in [0, 0.05) is 13.1 Å². The van der Waals surface area contributed by atoms with Crippen LogP contribution in [0, 0.1) is 17.7 Å². The van der Waals surface area contributed by atoms with Gasteiger partial charge in [0.25, 0.3) is 0 Å². The quantitative estimate of drug-likeness (QED) is 0.899. The van der Waals surface area contributed by atoms with Crippen molar-refractivity contribution in [1.29, 1.82) is 0 Å². The van der Waals surface area contributed by atoms with Crippen molar-refractivity contribution in [2.24, 2.45) is 11.8 Å². The van der Waals surface area contributed by atoms with E-state index in [1.54, 1.807) is 12.1 Å². The smallest absolute Gasteiger partial charge is 0.123 e. The van der Waals surface area contributed by atoms with Crippen molar-refractivity contribution >= 4 is 0 Å². The SMILES string of the molecule is OC1(c2ccc(F)cc2)CC[C@H]2CN(Cc3ccccc3)CC[C@H]2C1. The van der Waals surface area contributed by atoms with Gasteiger partial charge in [-0.3, -0.25) is 4.90 Å². The van der Waals surface area contributed by atoms with E-state index in [1.165, 1.54) is 17.7 Å². The summed E-state index contributed by atoms with van der Waals surface area (Å²) < 4.78 is 13.2. The summed E-state index contributed by atoms with van der Waals surface area (Å²) in [5, 5.41) is 11.1. The second-order valence-corrected chi connectivity index (χ2v) is 7.81. The summed E-state index contributed by atoms with van der Waals surface area (Å²) in [4.78, 5) is 2.55. The first-order valence-corrected chi connectivity index (χ1v) is 9.37. The van der Waals surface area contributed by atoms with E-state index >= 15 is 0 Å². The molecular formula is C22H26FNO. The minimum absolute atomic E-state index is 0.241. The van der Waals surface area contributed by atoms with Gasteiger partial charge >= 0.3 is 0 Å². The number of rotatable bonds is 3. The Morgan fingerprint density at radius 1 is 1.00 bits per heavy atom. The fourth-order valence-electron chi connectivity index (χ4n) is 4.72. The summed E-state index contributed by atoms with van der Waals surface area (Å²) in [6.45, 7) is 3.24. The molecule has 2 aromatic rings. The fourth-order valence-corrected chi connectivity index (χ4v) is 4.72. The van der Waals surface area contributed by atoms with E-state index < -0.39 is 5.60 Å². The van der Waals surface area contributed by atoms with E-state index in [-0.39, 0.29) is 5.82 Å². The standard InChI is InChI=1S/C22H26FNO/c23-21-8-6-20(7-9-21)22(25)12-10-19-16-24(13-11-18(19)14-22)15-17-4-2-1-3-5-17/h1-9,18-19,25H,10-16H2/t18-,19-,22?/m0/s1. The van der Waals surface area contributed by atoms with Crippen LogP contribution in [0.2, 0.25) is 0 Å². The van der Waals surface area contributed by atoms with E-state index in [0.29, 0.717) is 11.8 Å². The van der Waals surface area contributed by atoms with Crippen molar-refractivity contribution in [1.82, 2.24) is 4.90 Å². The van der Waals surface area contributed by atoms with Crippen LogP contribution in [0.25, 0.3) is 0 Å². The first kappa shape index (κ1) is 16.7. The second kappa shape index (κ2) is 6.89. The minimum Gasteiger partial charge on any atom is -0.385 e. The normalized spacial score (nSPS) is 30.0. The zero-order valence-corrected chi connectivity index (χ0v) is 14.6. The van der Waals surface area contributed by atoms with Crippen LogP contribution >= 0.6 is 0 Å². The van der Waals surface area contributed by atoms with Gasteiger partial charge in [0.15, 0.2) is 0 Å². The summed E-state index contributed by atoms with van der Waals surface area (Å²) in [7, 11) is 0. The van der Waals surface area contributed by atoms with Crippen LogP contribution in [0.5, 0.6) is 0 Å². The molecule has 4 rings (SSSR count). The first-order chi connectivity index (χ1) is 12.1. The average molecular weight is 339 g/mol. The fraction of sp³-hybridized carbons (Fsp3) is 0.455. The summed E-state index contributed by atoms with van der Waals surface area (Å²) in [5.74, 6) is 0.990. The highest BCUT2D eigenvalue weighted by Crippen LogP contribution is 2.46. The molecule has 132 valence electrons. The second-order valence-electron chi connectivity index (χ2n) is 7.81. The number of piperidine rings is 1. The van der Waals surface area contributed by atoms with Crippen LogP contribution in [-0.4, -0.2) is 23.1 Å². The average Bonchev–Trinajstić information content (AvgIpc) is 2.63. The highest BCUT2D eigenvalue weighted by Gasteiger charge is 2.42. The summed E-state index contributed by atoms with van der Waals surface area (Å²) >= 11 is 0. The molecule has 1 aliphatic heterocycles. The molecule has 0 bridgehead atoms. The van der Waals surface area contributed by atoms with Gasteiger partial charge in [-0.25, -0.2) is 4.39 Å². The Balaban J connectivity index is 1.40. The van der Waals surface area contributed by atoms with Crippen LogP contribution < -0.4 is 0 Å². The van der Waals surface area contributed by atoms with Gasteiger partial charge in [-0.05, 0) is 67.3 Å². The molecule has 2 fully saturated rings. The van der Waals surface area contributed by atoms with Crippen molar-refractivity contribution in [3.63, 3.8) is 0 Å². The lowest BCUT2D eigenvalue weighted by Gasteiger charge is -2.47. The Morgan fingerprint density at radius 3 is 2.52 bits per heavy atom. The van der Waals surface area contributed by atoms with Gasteiger partial charge in [0.2, 0.25) is 0 Å². The molecule has 1 unspecified atom stereocenters. The maximum atomic E-state index is 13.2. The third-order valence-corrected chi connectivity index (χ3v) is 6.13. The Hall–Kier alpha value is -1.71. The third kappa shape index (κ3) is 3.63. The Labute approximate surface area is 149 Å². The molecule has 1 N–H and O–H groups in total. The minimum atomic E-state index is -0.781. The van der Waals surface area contributed by atoms with Crippen LogP contribution in [0.3, 0.4) is 0 Å². The van der Waals surface area contributed by atoms with Gasteiger partial charge in [0.1, 0.15) is 5.82 Å². The van der Waals surface area contributed by atoms with Gasteiger partial charge in [-0.1, -0.05) is 42.5 Å². The van der Waals surface area contributed by atoms with Crippen molar-refractivity contribution in [3.05, 3.63) is 71.5 Å². The van der Waals surface area contributed by atoms with Crippen LogP contribution in [0.15, 0.2) is 54.6 Å². The molecule has 2 aromatic carbocycles. The maximum absolute atomic E-state index is 13.2. The Bertz CT molecular complexity index is 702. The van der Waals surface area contributed by atoms with Crippen LogP contribution in [0.4, 0.5) is 4.39 Å². The zero-order chi connectivity index (χ0) is 17.3. The molecule has 25 heavy (non-hydrogen) atoms. The summed E-state index contributed by atoms with van der Waals surface area (Å²) in [6, 6.07) is 17.1. The van der Waals surface area contributed by atoms with Crippen LogP contribution in [0.1, 0.15) is 36.8 Å². The predicted molar refractivity (Wildman–Crippen MR) is 97.5 cm³/mol. The highest BCUT2D eigenvalue weighted by molar-refractivity contribution is 5.24. The monoisotopic (exact) mass is 339 g/mol. The zero-order valence-electron chi connectivity index (χ0n) is 14.6. The number of nitrogens with zero attached hydrogens (tertiary/aromatic N) is 1.